The molecule has 1 aliphatic heterocycles. The van der Waals surface area contributed by atoms with Crippen molar-refractivity contribution in [2.45, 2.75) is 71.1 Å². The highest BCUT2D eigenvalue weighted by Crippen LogP contribution is 2.37. The van der Waals surface area contributed by atoms with E-state index in [1.165, 1.54) is 0 Å². The second kappa shape index (κ2) is 5.03. The SMILES string of the molecule is CCCNN1C(C)(C)CC(OC)CC1(C)C. The van der Waals surface area contributed by atoms with Crippen LogP contribution in [0.5, 0.6) is 0 Å². The van der Waals surface area contributed by atoms with Gasteiger partial charge < -0.3 is 4.74 Å². The molecule has 0 radical (unpaired) electrons. The van der Waals surface area contributed by atoms with Crippen molar-refractivity contribution < 1.29 is 4.74 Å². The van der Waals surface area contributed by atoms with Gasteiger partial charge in [-0.3, -0.25) is 5.43 Å². The molecule has 0 aromatic heterocycles. The Morgan fingerprint density at radius 1 is 1.19 bits per heavy atom. The molecular formula is C13H28N2O. The zero-order valence-corrected chi connectivity index (χ0v) is 11.8. The van der Waals surface area contributed by atoms with Crippen molar-refractivity contribution in [3.8, 4) is 0 Å². The number of methoxy groups -OCH3 is 1. The zero-order valence-electron chi connectivity index (χ0n) is 11.8. The van der Waals surface area contributed by atoms with Crippen LogP contribution < -0.4 is 5.43 Å². The Morgan fingerprint density at radius 2 is 1.69 bits per heavy atom. The van der Waals surface area contributed by atoms with E-state index in [1.54, 1.807) is 0 Å². The van der Waals surface area contributed by atoms with Gasteiger partial charge in [-0.2, -0.15) is 0 Å². The Kier molecular flexibility index (Phi) is 4.38. The van der Waals surface area contributed by atoms with E-state index in [0.717, 1.165) is 25.8 Å². The molecule has 1 saturated heterocycles. The summed E-state index contributed by atoms with van der Waals surface area (Å²) in [5, 5.41) is 2.43. The Hall–Kier alpha value is -0.120. The van der Waals surface area contributed by atoms with Crippen molar-refractivity contribution in [3.05, 3.63) is 0 Å². The number of rotatable bonds is 4. The molecule has 0 aromatic rings. The van der Waals surface area contributed by atoms with E-state index in [2.05, 4.69) is 45.1 Å². The van der Waals surface area contributed by atoms with E-state index < -0.39 is 0 Å². The summed E-state index contributed by atoms with van der Waals surface area (Å²) in [6.07, 6.45) is 3.72. The van der Waals surface area contributed by atoms with Crippen molar-refractivity contribution in [1.82, 2.24) is 10.4 Å². The third-order valence-electron chi connectivity index (χ3n) is 3.52. The maximum atomic E-state index is 5.56. The van der Waals surface area contributed by atoms with Gasteiger partial charge in [0.25, 0.3) is 0 Å². The van der Waals surface area contributed by atoms with Gasteiger partial charge in [-0.15, -0.1) is 0 Å². The van der Waals surface area contributed by atoms with Gasteiger partial charge in [0.2, 0.25) is 0 Å². The van der Waals surface area contributed by atoms with Crippen LogP contribution >= 0.6 is 0 Å². The van der Waals surface area contributed by atoms with Crippen LogP contribution in [0.15, 0.2) is 0 Å². The summed E-state index contributed by atoms with van der Waals surface area (Å²) >= 11 is 0. The summed E-state index contributed by atoms with van der Waals surface area (Å²) in [5.41, 5.74) is 3.88. The van der Waals surface area contributed by atoms with Crippen molar-refractivity contribution in [2.24, 2.45) is 0 Å². The molecule has 1 heterocycles. The fraction of sp³-hybridized carbons (Fsp3) is 1.00. The molecule has 3 nitrogen and oxygen atoms in total. The number of hydrazine groups is 1. The second-order valence-corrected chi connectivity index (χ2v) is 6.13. The molecular weight excluding hydrogens is 200 g/mol. The zero-order chi connectivity index (χ0) is 12.4. The number of nitrogens with one attached hydrogen (secondary N) is 1. The van der Waals surface area contributed by atoms with E-state index in [-0.39, 0.29) is 11.1 Å². The van der Waals surface area contributed by atoms with E-state index >= 15 is 0 Å². The van der Waals surface area contributed by atoms with Crippen molar-refractivity contribution >= 4 is 0 Å². The van der Waals surface area contributed by atoms with Crippen LogP contribution in [0.2, 0.25) is 0 Å². The molecule has 0 spiro atoms. The minimum Gasteiger partial charge on any atom is -0.381 e. The standard InChI is InChI=1S/C13H28N2O/c1-7-8-14-15-12(2,3)9-11(16-6)10-13(15,4)5/h11,14H,7-10H2,1-6H3. The lowest BCUT2D eigenvalue weighted by molar-refractivity contribution is -0.121. The predicted molar refractivity (Wildman–Crippen MR) is 68.3 cm³/mol. The van der Waals surface area contributed by atoms with Crippen LogP contribution in [0.1, 0.15) is 53.9 Å². The van der Waals surface area contributed by atoms with Crippen LogP contribution in [-0.4, -0.2) is 35.8 Å². The van der Waals surface area contributed by atoms with Crippen LogP contribution in [0.4, 0.5) is 0 Å². The lowest BCUT2D eigenvalue weighted by Crippen LogP contribution is -2.67. The molecule has 1 N–H and O–H groups in total. The van der Waals surface area contributed by atoms with Crippen LogP contribution in [0.3, 0.4) is 0 Å². The molecule has 16 heavy (non-hydrogen) atoms. The summed E-state index contributed by atoms with van der Waals surface area (Å²) < 4.78 is 5.56. The lowest BCUT2D eigenvalue weighted by Gasteiger charge is -2.54. The Labute approximate surface area is 101 Å². The second-order valence-electron chi connectivity index (χ2n) is 6.13. The quantitative estimate of drug-likeness (QED) is 0.800. The molecule has 1 fully saturated rings. The molecule has 0 amide bonds. The lowest BCUT2D eigenvalue weighted by atomic mass is 9.80. The smallest absolute Gasteiger partial charge is 0.0607 e. The summed E-state index contributed by atoms with van der Waals surface area (Å²) in [7, 11) is 1.83. The molecule has 0 bridgehead atoms. The van der Waals surface area contributed by atoms with E-state index in [1.807, 2.05) is 7.11 Å². The minimum absolute atomic E-state index is 0.150. The van der Waals surface area contributed by atoms with E-state index in [4.69, 9.17) is 4.74 Å². The van der Waals surface area contributed by atoms with Gasteiger partial charge in [0.1, 0.15) is 0 Å². The molecule has 0 unspecified atom stereocenters. The first kappa shape index (κ1) is 13.9. The third kappa shape index (κ3) is 2.96. The van der Waals surface area contributed by atoms with Crippen LogP contribution in [0.25, 0.3) is 0 Å². The van der Waals surface area contributed by atoms with E-state index in [9.17, 15) is 0 Å². The summed E-state index contributed by atoms with van der Waals surface area (Å²) in [6, 6.07) is 0. The molecule has 96 valence electrons. The fourth-order valence-electron chi connectivity index (χ4n) is 3.01. The maximum Gasteiger partial charge on any atom is 0.0607 e. The van der Waals surface area contributed by atoms with Gasteiger partial charge in [-0.1, -0.05) is 6.92 Å². The number of hydrogen-bond donors (Lipinski definition) is 1. The summed E-state index contributed by atoms with van der Waals surface area (Å²) in [5.74, 6) is 0. The van der Waals surface area contributed by atoms with Crippen LogP contribution in [-0.2, 0) is 4.74 Å². The molecule has 3 heteroatoms. The van der Waals surface area contributed by atoms with Gasteiger partial charge >= 0.3 is 0 Å². The molecule has 0 saturated carbocycles. The topological polar surface area (TPSA) is 24.5 Å². The Morgan fingerprint density at radius 3 is 2.06 bits per heavy atom. The first-order valence-corrected chi connectivity index (χ1v) is 6.40. The van der Waals surface area contributed by atoms with Crippen molar-refractivity contribution in [3.63, 3.8) is 0 Å². The van der Waals surface area contributed by atoms with Gasteiger partial charge in [0.15, 0.2) is 0 Å². The fourth-order valence-corrected chi connectivity index (χ4v) is 3.01. The van der Waals surface area contributed by atoms with Crippen LogP contribution in [0, 0.1) is 0 Å². The third-order valence-corrected chi connectivity index (χ3v) is 3.52. The summed E-state index contributed by atoms with van der Waals surface area (Å²) in [6.45, 7) is 12.4. The van der Waals surface area contributed by atoms with Gasteiger partial charge in [0.05, 0.1) is 6.10 Å². The largest absolute Gasteiger partial charge is 0.381 e. The highest BCUT2D eigenvalue weighted by molar-refractivity contribution is 4.98. The number of hydrogen-bond acceptors (Lipinski definition) is 3. The first-order valence-electron chi connectivity index (χ1n) is 6.40. The average molecular weight is 228 g/mol. The van der Waals surface area contributed by atoms with Gasteiger partial charge in [-0.05, 0) is 47.0 Å². The highest BCUT2D eigenvalue weighted by atomic mass is 16.5. The van der Waals surface area contributed by atoms with Gasteiger partial charge in [-0.25, -0.2) is 5.01 Å². The maximum absolute atomic E-state index is 5.56. The monoisotopic (exact) mass is 228 g/mol. The molecule has 0 aliphatic carbocycles. The highest BCUT2D eigenvalue weighted by Gasteiger charge is 2.45. The average Bonchev–Trinajstić information content (AvgIpc) is 2.14. The number of piperidine rings is 1. The van der Waals surface area contributed by atoms with E-state index in [0.29, 0.717) is 6.10 Å². The number of ether oxygens (including phenoxy) is 1. The predicted octanol–water partition coefficient (Wildman–Crippen LogP) is 2.57. The first-order chi connectivity index (χ1) is 7.33. The Balaban J connectivity index is 2.79. The normalized spacial score (nSPS) is 25.9. The Bertz CT molecular complexity index is 208. The van der Waals surface area contributed by atoms with Gasteiger partial charge in [0, 0.05) is 24.7 Å². The molecule has 1 aliphatic rings. The van der Waals surface area contributed by atoms with Crippen molar-refractivity contribution in [2.75, 3.05) is 13.7 Å². The molecule has 0 atom stereocenters. The molecule has 0 aromatic carbocycles. The molecule has 1 rings (SSSR count). The minimum atomic E-state index is 0.150. The number of nitrogens with zero attached hydrogens (tertiary/aromatic N) is 1. The van der Waals surface area contributed by atoms with Crippen molar-refractivity contribution in [1.29, 1.82) is 0 Å². The summed E-state index contributed by atoms with van der Waals surface area (Å²) in [4.78, 5) is 0.